The Hall–Kier alpha value is -1.24. The lowest BCUT2D eigenvalue weighted by Gasteiger charge is -2.25. The molecule has 1 aliphatic rings. The van der Waals surface area contributed by atoms with E-state index in [-0.39, 0.29) is 11.2 Å². The first kappa shape index (κ1) is 19.5. The number of aromatic nitrogens is 3. The van der Waals surface area contributed by atoms with Crippen molar-refractivity contribution in [2.45, 2.75) is 62.4 Å². The molecule has 1 amide bonds. The zero-order chi connectivity index (χ0) is 18.7. The summed E-state index contributed by atoms with van der Waals surface area (Å²) in [4.78, 5) is 12.6. The van der Waals surface area contributed by atoms with Gasteiger partial charge in [0.25, 0.3) is 0 Å². The molecule has 8 heteroatoms. The molecule has 1 N–H and O–H groups in total. The van der Waals surface area contributed by atoms with E-state index >= 15 is 0 Å². The molecule has 1 aromatic heterocycles. The normalized spacial score (nSPS) is 16.5. The van der Waals surface area contributed by atoms with E-state index in [9.17, 15) is 4.79 Å². The second-order valence-electron chi connectivity index (χ2n) is 6.57. The molecule has 5 nitrogen and oxygen atoms in total. The molecular formula is C18H22Cl2N4OS. The van der Waals surface area contributed by atoms with Crippen molar-refractivity contribution in [2.75, 3.05) is 5.32 Å². The van der Waals surface area contributed by atoms with Crippen LogP contribution in [0.1, 0.15) is 50.9 Å². The van der Waals surface area contributed by atoms with Gasteiger partial charge in [0, 0.05) is 11.1 Å². The standard InChI is InChI=1S/C18H22Cl2N4OS/c1-11(17(25)21-16-10-13(19)8-9-15(16)20)26-18-23-22-12(2)24(18)14-6-4-3-5-7-14/h8-11,14H,3-7H2,1-2H3,(H,21,25)/t11-/m1/s1. The van der Waals surface area contributed by atoms with Gasteiger partial charge in [0.2, 0.25) is 5.91 Å². The lowest BCUT2D eigenvalue weighted by atomic mass is 9.95. The number of rotatable bonds is 5. The summed E-state index contributed by atoms with van der Waals surface area (Å²) in [5.41, 5.74) is 0.515. The van der Waals surface area contributed by atoms with Gasteiger partial charge in [-0.3, -0.25) is 4.79 Å². The maximum absolute atomic E-state index is 12.6. The van der Waals surface area contributed by atoms with Gasteiger partial charge in [-0.15, -0.1) is 10.2 Å². The summed E-state index contributed by atoms with van der Waals surface area (Å²) in [6, 6.07) is 5.43. The highest BCUT2D eigenvalue weighted by molar-refractivity contribution is 8.00. The summed E-state index contributed by atoms with van der Waals surface area (Å²) in [6.45, 7) is 3.83. The van der Waals surface area contributed by atoms with Crippen LogP contribution in [0, 0.1) is 6.92 Å². The number of halogens is 2. The number of anilines is 1. The molecule has 0 bridgehead atoms. The summed E-state index contributed by atoms with van der Waals surface area (Å²) in [6.07, 6.45) is 6.04. The molecule has 0 aliphatic heterocycles. The van der Waals surface area contributed by atoms with Crippen LogP contribution in [0.5, 0.6) is 0 Å². The van der Waals surface area contributed by atoms with Crippen molar-refractivity contribution in [3.05, 3.63) is 34.1 Å². The molecule has 0 radical (unpaired) electrons. The van der Waals surface area contributed by atoms with Crippen molar-refractivity contribution in [3.63, 3.8) is 0 Å². The first-order chi connectivity index (χ1) is 12.5. The number of carbonyl (C=O) groups excluding carboxylic acids is 1. The van der Waals surface area contributed by atoms with Crippen LogP contribution in [0.3, 0.4) is 0 Å². The average Bonchev–Trinajstić information content (AvgIpc) is 2.99. The van der Waals surface area contributed by atoms with E-state index in [1.807, 2.05) is 13.8 Å². The highest BCUT2D eigenvalue weighted by Crippen LogP contribution is 2.34. The summed E-state index contributed by atoms with van der Waals surface area (Å²) < 4.78 is 2.19. The minimum absolute atomic E-state index is 0.144. The highest BCUT2D eigenvalue weighted by Gasteiger charge is 2.24. The lowest BCUT2D eigenvalue weighted by Crippen LogP contribution is -2.24. The van der Waals surface area contributed by atoms with Gasteiger partial charge < -0.3 is 9.88 Å². The van der Waals surface area contributed by atoms with Crippen LogP contribution >= 0.6 is 35.0 Å². The minimum Gasteiger partial charge on any atom is -0.324 e. The van der Waals surface area contributed by atoms with E-state index < -0.39 is 0 Å². The summed E-state index contributed by atoms with van der Waals surface area (Å²) in [5.74, 6) is 0.764. The summed E-state index contributed by atoms with van der Waals surface area (Å²) >= 11 is 13.5. The van der Waals surface area contributed by atoms with Crippen LogP contribution in [-0.4, -0.2) is 25.9 Å². The van der Waals surface area contributed by atoms with E-state index in [2.05, 4.69) is 20.1 Å². The number of nitrogens with one attached hydrogen (secondary N) is 1. The van der Waals surface area contributed by atoms with Gasteiger partial charge in [0.1, 0.15) is 5.82 Å². The van der Waals surface area contributed by atoms with Crippen molar-refractivity contribution in [1.82, 2.24) is 14.8 Å². The van der Waals surface area contributed by atoms with Crippen LogP contribution in [0.15, 0.2) is 23.4 Å². The van der Waals surface area contributed by atoms with Gasteiger partial charge in [0.05, 0.1) is 16.0 Å². The maximum atomic E-state index is 12.6. The van der Waals surface area contributed by atoms with E-state index in [0.29, 0.717) is 21.8 Å². The van der Waals surface area contributed by atoms with Crippen LogP contribution in [0.2, 0.25) is 10.0 Å². The van der Waals surface area contributed by atoms with Crippen LogP contribution in [-0.2, 0) is 4.79 Å². The molecule has 1 aliphatic carbocycles. The maximum Gasteiger partial charge on any atom is 0.237 e. The molecule has 1 aromatic carbocycles. The Morgan fingerprint density at radius 2 is 2.00 bits per heavy atom. The molecule has 1 heterocycles. The van der Waals surface area contributed by atoms with Crippen molar-refractivity contribution in [2.24, 2.45) is 0 Å². The van der Waals surface area contributed by atoms with Crippen LogP contribution in [0.25, 0.3) is 0 Å². The number of amides is 1. The Balaban J connectivity index is 1.70. The first-order valence-corrected chi connectivity index (χ1v) is 10.4. The Labute approximate surface area is 167 Å². The van der Waals surface area contributed by atoms with Gasteiger partial charge >= 0.3 is 0 Å². The summed E-state index contributed by atoms with van der Waals surface area (Å²) in [7, 11) is 0. The van der Waals surface area contributed by atoms with E-state index in [4.69, 9.17) is 23.2 Å². The predicted octanol–water partition coefficient (Wildman–Crippen LogP) is 5.52. The fraction of sp³-hybridized carbons (Fsp3) is 0.500. The molecule has 1 atom stereocenters. The quantitative estimate of drug-likeness (QED) is 0.656. The zero-order valence-corrected chi connectivity index (χ0v) is 17.2. The van der Waals surface area contributed by atoms with Crippen molar-refractivity contribution >= 4 is 46.6 Å². The third-order valence-electron chi connectivity index (χ3n) is 4.61. The smallest absolute Gasteiger partial charge is 0.237 e. The Kier molecular flexibility index (Phi) is 6.48. The number of thioether (sulfide) groups is 1. The number of hydrogen-bond donors (Lipinski definition) is 1. The lowest BCUT2D eigenvalue weighted by molar-refractivity contribution is -0.115. The molecule has 140 valence electrons. The third kappa shape index (κ3) is 4.53. The van der Waals surface area contributed by atoms with Gasteiger partial charge in [-0.25, -0.2) is 0 Å². The van der Waals surface area contributed by atoms with E-state index in [0.717, 1.165) is 23.8 Å². The molecule has 0 saturated heterocycles. The first-order valence-electron chi connectivity index (χ1n) is 8.80. The number of benzene rings is 1. The van der Waals surface area contributed by atoms with Crippen molar-refractivity contribution in [1.29, 1.82) is 0 Å². The Morgan fingerprint density at radius 3 is 2.73 bits per heavy atom. The average molecular weight is 413 g/mol. The zero-order valence-electron chi connectivity index (χ0n) is 14.8. The monoisotopic (exact) mass is 412 g/mol. The Morgan fingerprint density at radius 1 is 1.27 bits per heavy atom. The minimum atomic E-state index is -0.337. The van der Waals surface area contributed by atoms with Gasteiger partial charge in [-0.1, -0.05) is 54.2 Å². The molecule has 1 saturated carbocycles. The van der Waals surface area contributed by atoms with E-state index in [1.165, 1.54) is 31.0 Å². The third-order valence-corrected chi connectivity index (χ3v) is 6.23. The number of carbonyl (C=O) groups is 1. The summed E-state index contributed by atoms with van der Waals surface area (Å²) in [5, 5.41) is 12.8. The number of hydrogen-bond acceptors (Lipinski definition) is 4. The van der Waals surface area contributed by atoms with E-state index in [1.54, 1.807) is 18.2 Å². The fourth-order valence-electron chi connectivity index (χ4n) is 3.23. The SMILES string of the molecule is Cc1nnc(S[C@H](C)C(=O)Nc2cc(Cl)ccc2Cl)n1C1CCCCC1. The largest absolute Gasteiger partial charge is 0.324 e. The molecule has 1 fully saturated rings. The number of aryl methyl sites for hydroxylation is 1. The molecule has 0 unspecified atom stereocenters. The van der Waals surface area contributed by atoms with Crippen molar-refractivity contribution < 1.29 is 4.79 Å². The molecule has 2 aromatic rings. The molecule has 26 heavy (non-hydrogen) atoms. The second-order valence-corrected chi connectivity index (χ2v) is 8.72. The predicted molar refractivity (Wildman–Crippen MR) is 107 cm³/mol. The van der Waals surface area contributed by atoms with Crippen LogP contribution in [0.4, 0.5) is 5.69 Å². The van der Waals surface area contributed by atoms with Gasteiger partial charge in [-0.2, -0.15) is 0 Å². The molecular weight excluding hydrogens is 391 g/mol. The molecule has 3 rings (SSSR count). The topological polar surface area (TPSA) is 59.8 Å². The number of nitrogens with zero attached hydrogens (tertiary/aromatic N) is 3. The van der Waals surface area contributed by atoms with Crippen molar-refractivity contribution in [3.8, 4) is 0 Å². The van der Waals surface area contributed by atoms with Gasteiger partial charge in [-0.05, 0) is 44.9 Å². The van der Waals surface area contributed by atoms with Gasteiger partial charge in [0.15, 0.2) is 5.16 Å². The Bertz CT molecular complexity index is 789. The highest BCUT2D eigenvalue weighted by atomic mass is 35.5. The fourth-order valence-corrected chi connectivity index (χ4v) is 4.53. The van der Waals surface area contributed by atoms with Crippen LogP contribution < -0.4 is 5.32 Å². The molecule has 0 spiro atoms. The second kappa shape index (κ2) is 8.63.